The molecule has 2 rings (SSSR count). The summed E-state index contributed by atoms with van der Waals surface area (Å²) >= 11 is 1.30. The van der Waals surface area contributed by atoms with Crippen LogP contribution >= 0.6 is 11.3 Å². The van der Waals surface area contributed by atoms with Crippen LogP contribution < -0.4 is 10.2 Å². The molecule has 0 aliphatic heterocycles. The number of hydrogen-bond acceptors (Lipinski definition) is 5. The molecule has 0 aliphatic carbocycles. The van der Waals surface area contributed by atoms with Crippen molar-refractivity contribution in [2.45, 2.75) is 33.7 Å². The van der Waals surface area contributed by atoms with E-state index in [1.165, 1.54) is 47.4 Å². The van der Waals surface area contributed by atoms with Crippen molar-refractivity contribution in [1.29, 1.82) is 0 Å². The first-order chi connectivity index (χ1) is 12.8. The van der Waals surface area contributed by atoms with E-state index in [0.29, 0.717) is 36.2 Å². The van der Waals surface area contributed by atoms with Gasteiger partial charge in [0.05, 0.1) is 17.3 Å². The number of carbonyl (C=O) groups excluding carboxylic acids is 1. The standard InChI is InChI=1S/C19H24FN3O3S/c1-12(2)8-14(18(25)26)9-21-10-16-11-27-19(22-16)23(13(3)24)17-6-4-15(20)5-7-17/h4-7,11-12,14,21H,8-10H2,1-3H3,(H,25,26). The Morgan fingerprint density at radius 3 is 2.52 bits per heavy atom. The highest BCUT2D eigenvalue weighted by molar-refractivity contribution is 7.14. The van der Waals surface area contributed by atoms with Gasteiger partial charge in [-0.15, -0.1) is 11.3 Å². The minimum absolute atomic E-state index is 0.224. The topological polar surface area (TPSA) is 82.5 Å². The summed E-state index contributed by atoms with van der Waals surface area (Å²) in [6.45, 7) is 6.18. The average Bonchev–Trinajstić information content (AvgIpc) is 3.03. The molecule has 1 amide bonds. The Balaban J connectivity index is 2.03. The van der Waals surface area contributed by atoms with Crippen molar-refractivity contribution >= 4 is 34.0 Å². The van der Waals surface area contributed by atoms with Crippen molar-refractivity contribution in [2.24, 2.45) is 11.8 Å². The zero-order chi connectivity index (χ0) is 20.0. The third kappa shape index (κ3) is 6.11. The highest BCUT2D eigenvalue weighted by Gasteiger charge is 2.20. The van der Waals surface area contributed by atoms with Crippen molar-refractivity contribution in [2.75, 3.05) is 11.4 Å². The van der Waals surface area contributed by atoms with Gasteiger partial charge in [-0.2, -0.15) is 0 Å². The Morgan fingerprint density at radius 2 is 1.96 bits per heavy atom. The Kier molecular flexibility index (Phi) is 7.44. The molecule has 0 saturated carbocycles. The summed E-state index contributed by atoms with van der Waals surface area (Å²) in [4.78, 5) is 29.2. The van der Waals surface area contributed by atoms with Gasteiger partial charge in [-0.3, -0.25) is 14.5 Å². The summed E-state index contributed by atoms with van der Waals surface area (Å²) in [5, 5.41) is 14.7. The zero-order valence-corrected chi connectivity index (χ0v) is 16.4. The van der Waals surface area contributed by atoms with Crippen LogP contribution in [-0.2, 0) is 16.1 Å². The van der Waals surface area contributed by atoms with Crippen LogP contribution in [-0.4, -0.2) is 28.5 Å². The number of amides is 1. The van der Waals surface area contributed by atoms with Crippen LogP contribution in [0, 0.1) is 17.7 Å². The molecule has 2 N–H and O–H groups in total. The summed E-state index contributed by atoms with van der Waals surface area (Å²) in [5.41, 5.74) is 1.26. The second-order valence-corrected chi connectivity index (χ2v) is 7.58. The fourth-order valence-electron chi connectivity index (χ4n) is 2.71. The fraction of sp³-hybridized carbons (Fsp3) is 0.421. The normalized spacial score (nSPS) is 12.2. The number of hydrogen-bond donors (Lipinski definition) is 2. The van der Waals surface area contributed by atoms with Gasteiger partial charge in [0.25, 0.3) is 0 Å². The number of anilines is 2. The third-order valence-electron chi connectivity index (χ3n) is 3.93. The molecular formula is C19H24FN3O3S. The second kappa shape index (κ2) is 9.57. The maximum absolute atomic E-state index is 13.1. The lowest BCUT2D eigenvalue weighted by molar-refractivity contribution is -0.142. The van der Waals surface area contributed by atoms with Gasteiger partial charge in [-0.1, -0.05) is 13.8 Å². The molecule has 0 saturated heterocycles. The predicted molar refractivity (Wildman–Crippen MR) is 104 cm³/mol. The molecule has 1 aromatic heterocycles. The van der Waals surface area contributed by atoms with E-state index >= 15 is 0 Å². The SMILES string of the molecule is CC(=O)N(c1ccc(F)cc1)c1nc(CNCC(CC(C)C)C(=O)O)cs1. The number of carboxylic acid groups (broad SMARTS) is 1. The molecular weight excluding hydrogens is 369 g/mol. The molecule has 1 unspecified atom stereocenters. The number of aromatic nitrogens is 1. The Hall–Kier alpha value is -2.32. The van der Waals surface area contributed by atoms with Crippen molar-refractivity contribution in [1.82, 2.24) is 10.3 Å². The second-order valence-electron chi connectivity index (χ2n) is 6.75. The smallest absolute Gasteiger partial charge is 0.307 e. The number of carbonyl (C=O) groups is 2. The van der Waals surface area contributed by atoms with E-state index < -0.39 is 11.9 Å². The van der Waals surface area contributed by atoms with Crippen molar-refractivity contribution in [3.63, 3.8) is 0 Å². The largest absolute Gasteiger partial charge is 0.481 e. The lowest BCUT2D eigenvalue weighted by Crippen LogP contribution is -2.29. The maximum Gasteiger partial charge on any atom is 0.307 e. The summed E-state index contributed by atoms with van der Waals surface area (Å²) in [7, 11) is 0. The van der Waals surface area contributed by atoms with E-state index in [0.717, 1.165) is 5.69 Å². The molecule has 27 heavy (non-hydrogen) atoms. The van der Waals surface area contributed by atoms with Gasteiger partial charge in [-0.25, -0.2) is 9.37 Å². The first kappa shape index (κ1) is 21.0. The highest BCUT2D eigenvalue weighted by atomic mass is 32.1. The number of thiazole rings is 1. The van der Waals surface area contributed by atoms with Gasteiger partial charge in [0, 0.05) is 25.4 Å². The van der Waals surface area contributed by atoms with Gasteiger partial charge >= 0.3 is 5.97 Å². The number of carboxylic acids is 1. The molecule has 8 heteroatoms. The molecule has 2 aromatic rings. The molecule has 0 spiro atoms. The minimum atomic E-state index is -0.811. The number of benzene rings is 1. The summed E-state index contributed by atoms with van der Waals surface area (Å²) < 4.78 is 13.1. The number of rotatable bonds is 9. The number of aliphatic carboxylic acids is 1. The van der Waals surface area contributed by atoms with Gasteiger partial charge in [0.15, 0.2) is 5.13 Å². The van der Waals surface area contributed by atoms with E-state index in [1.54, 1.807) is 0 Å². The molecule has 0 fully saturated rings. The molecule has 0 aliphatic rings. The van der Waals surface area contributed by atoms with E-state index in [4.69, 9.17) is 0 Å². The van der Waals surface area contributed by atoms with Crippen LogP contribution in [0.3, 0.4) is 0 Å². The van der Waals surface area contributed by atoms with E-state index in [1.807, 2.05) is 19.2 Å². The molecule has 1 atom stereocenters. The Morgan fingerprint density at radius 1 is 1.30 bits per heavy atom. The molecule has 0 bridgehead atoms. The Bertz CT molecular complexity index is 777. The predicted octanol–water partition coefficient (Wildman–Crippen LogP) is 3.80. The van der Waals surface area contributed by atoms with Crippen molar-refractivity contribution in [3.05, 3.63) is 41.2 Å². The quantitative estimate of drug-likeness (QED) is 0.677. The van der Waals surface area contributed by atoms with Crippen LogP contribution in [0.5, 0.6) is 0 Å². The van der Waals surface area contributed by atoms with Gasteiger partial charge < -0.3 is 10.4 Å². The molecule has 1 aromatic carbocycles. The van der Waals surface area contributed by atoms with E-state index in [-0.39, 0.29) is 11.7 Å². The summed E-state index contributed by atoms with van der Waals surface area (Å²) in [6, 6.07) is 5.64. The molecule has 146 valence electrons. The lowest BCUT2D eigenvalue weighted by atomic mass is 9.97. The minimum Gasteiger partial charge on any atom is -0.481 e. The van der Waals surface area contributed by atoms with Gasteiger partial charge in [0.1, 0.15) is 5.82 Å². The van der Waals surface area contributed by atoms with Crippen LogP contribution in [0.25, 0.3) is 0 Å². The van der Waals surface area contributed by atoms with E-state index in [2.05, 4.69) is 10.3 Å². The average molecular weight is 393 g/mol. The van der Waals surface area contributed by atoms with Crippen LogP contribution in [0.15, 0.2) is 29.6 Å². The van der Waals surface area contributed by atoms with Crippen molar-refractivity contribution < 1.29 is 19.1 Å². The molecule has 1 heterocycles. The number of halogens is 1. The number of nitrogens with one attached hydrogen (secondary N) is 1. The maximum atomic E-state index is 13.1. The third-order valence-corrected chi connectivity index (χ3v) is 4.81. The Labute approximate surface area is 162 Å². The summed E-state index contributed by atoms with van der Waals surface area (Å²) in [6.07, 6.45) is 0.604. The van der Waals surface area contributed by atoms with Crippen LogP contribution in [0.4, 0.5) is 15.2 Å². The first-order valence-electron chi connectivity index (χ1n) is 8.72. The van der Waals surface area contributed by atoms with Gasteiger partial charge in [-0.05, 0) is 36.6 Å². The molecule has 6 nitrogen and oxygen atoms in total. The monoisotopic (exact) mass is 393 g/mol. The van der Waals surface area contributed by atoms with Crippen molar-refractivity contribution in [3.8, 4) is 0 Å². The summed E-state index contributed by atoms with van der Waals surface area (Å²) in [5.74, 6) is -1.55. The fourth-order valence-corrected chi connectivity index (χ4v) is 3.60. The van der Waals surface area contributed by atoms with Gasteiger partial charge in [0.2, 0.25) is 5.91 Å². The van der Waals surface area contributed by atoms with Crippen LogP contribution in [0.1, 0.15) is 32.9 Å². The number of nitrogens with zero attached hydrogens (tertiary/aromatic N) is 2. The first-order valence-corrected chi connectivity index (χ1v) is 9.60. The van der Waals surface area contributed by atoms with E-state index in [9.17, 15) is 19.1 Å². The van der Waals surface area contributed by atoms with Crippen LogP contribution in [0.2, 0.25) is 0 Å². The lowest BCUT2D eigenvalue weighted by Gasteiger charge is -2.18. The highest BCUT2D eigenvalue weighted by Crippen LogP contribution is 2.29. The molecule has 0 radical (unpaired) electrons. The zero-order valence-electron chi connectivity index (χ0n) is 15.6.